The zero-order chi connectivity index (χ0) is 14.8. The zero-order valence-electron chi connectivity index (χ0n) is 12.5. The van der Waals surface area contributed by atoms with Crippen LogP contribution in [0.4, 0.5) is 0 Å². The molecule has 0 saturated heterocycles. The van der Waals surface area contributed by atoms with Gasteiger partial charge in [0.25, 0.3) is 0 Å². The van der Waals surface area contributed by atoms with Gasteiger partial charge in [0.2, 0.25) is 0 Å². The second-order valence-corrected chi connectivity index (χ2v) is 5.01. The van der Waals surface area contributed by atoms with Crippen LogP contribution in [0.15, 0.2) is 54.6 Å². The number of ether oxygens (including phenoxy) is 1. The molecule has 0 aliphatic rings. The molecule has 106 valence electrons. The highest BCUT2D eigenvalue weighted by molar-refractivity contribution is 5.61. The molecule has 3 nitrogen and oxygen atoms in total. The molecule has 3 heteroatoms. The largest absolute Gasteiger partial charge is 0.497 e. The molecule has 0 fully saturated rings. The van der Waals surface area contributed by atoms with E-state index in [4.69, 9.17) is 9.72 Å². The fourth-order valence-electron chi connectivity index (χ4n) is 2.46. The van der Waals surface area contributed by atoms with Crippen molar-refractivity contribution in [1.82, 2.24) is 9.55 Å². The molecule has 1 heterocycles. The van der Waals surface area contributed by atoms with E-state index in [1.54, 1.807) is 7.11 Å². The molecule has 0 radical (unpaired) electrons. The molecule has 0 amide bonds. The third-order valence-electron chi connectivity index (χ3n) is 3.69. The van der Waals surface area contributed by atoms with Crippen molar-refractivity contribution >= 4 is 0 Å². The first kappa shape index (κ1) is 13.4. The van der Waals surface area contributed by atoms with Crippen molar-refractivity contribution < 1.29 is 4.74 Å². The maximum Gasteiger partial charge on any atom is 0.145 e. The van der Waals surface area contributed by atoms with Gasteiger partial charge in [-0.2, -0.15) is 0 Å². The van der Waals surface area contributed by atoms with Crippen LogP contribution >= 0.6 is 0 Å². The molecular weight excluding hydrogens is 260 g/mol. The van der Waals surface area contributed by atoms with Crippen LogP contribution in [0.5, 0.6) is 5.75 Å². The van der Waals surface area contributed by atoms with Crippen LogP contribution in [0.25, 0.3) is 17.1 Å². The molecule has 0 atom stereocenters. The Balaban J connectivity index is 2.22. The lowest BCUT2D eigenvalue weighted by Gasteiger charge is -2.11. The monoisotopic (exact) mass is 278 g/mol. The third kappa shape index (κ3) is 2.42. The number of nitrogens with zero attached hydrogens (tertiary/aromatic N) is 2. The Bertz CT molecular complexity index is 760. The lowest BCUT2D eigenvalue weighted by Crippen LogP contribution is -2.00. The summed E-state index contributed by atoms with van der Waals surface area (Å²) in [5, 5.41) is 0. The van der Waals surface area contributed by atoms with Crippen LogP contribution in [0.2, 0.25) is 0 Å². The van der Waals surface area contributed by atoms with Gasteiger partial charge in [-0.1, -0.05) is 36.4 Å². The first-order chi connectivity index (χ1) is 10.2. The number of methoxy groups -OCH3 is 1. The Morgan fingerprint density at radius 1 is 0.952 bits per heavy atom. The van der Waals surface area contributed by atoms with Crippen LogP contribution in [0.1, 0.15) is 11.4 Å². The molecule has 0 saturated carbocycles. The van der Waals surface area contributed by atoms with E-state index in [1.165, 1.54) is 0 Å². The highest BCUT2D eigenvalue weighted by Crippen LogP contribution is 2.27. The van der Waals surface area contributed by atoms with Gasteiger partial charge >= 0.3 is 0 Å². The Hall–Kier alpha value is -2.55. The minimum absolute atomic E-state index is 0.845. The lowest BCUT2D eigenvalue weighted by atomic mass is 10.2. The summed E-state index contributed by atoms with van der Waals surface area (Å²) in [5.74, 6) is 1.80. The van der Waals surface area contributed by atoms with Crippen molar-refractivity contribution in [3.63, 3.8) is 0 Å². The molecule has 0 spiro atoms. The van der Waals surface area contributed by atoms with Gasteiger partial charge in [-0.3, -0.25) is 4.57 Å². The molecule has 0 aliphatic heterocycles. The molecule has 0 N–H and O–H groups in total. The maximum atomic E-state index is 5.33. The van der Waals surface area contributed by atoms with Gasteiger partial charge in [0, 0.05) is 17.3 Å². The molecule has 3 aromatic rings. The topological polar surface area (TPSA) is 27.1 Å². The summed E-state index contributed by atoms with van der Waals surface area (Å²) in [6.45, 7) is 4.13. The first-order valence-electron chi connectivity index (χ1n) is 6.96. The zero-order valence-corrected chi connectivity index (χ0v) is 12.5. The van der Waals surface area contributed by atoms with Gasteiger partial charge in [-0.15, -0.1) is 0 Å². The standard InChI is InChI=1S/C18H18N2O/c1-13-14(2)20(16-10-7-11-17(12-16)21-3)18(19-13)15-8-5-4-6-9-15/h4-12H,1-3H3. The van der Waals surface area contributed by atoms with Crippen LogP contribution in [-0.4, -0.2) is 16.7 Å². The van der Waals surface area contributed by atoms with Gasteiger partial charge in [0.15, 0.2) is 0 Å². The van der Waals surface area contributed by atoms with Crippen molar-refractivity contribution in [2.75, 3.05) is 7.11 Å². The molecule has 1 aromatic heterocycles. The van der Waals surface area contributed by atoms with E-state index in [0.29, 0.717) is 0 Å². The van der Waals surface area contributed by atoms with E-state index in [1.807, 2.05) is 43.3 Å². The fraction of sp³-hybridized carbons (Fsp3) is 0.167. The smallest absolute Gasteiger partial charge is 0.145 e. The number of aromatic nitrogens is 2. The number of hydrogen-bond acceptors (Lipinski definition) is 2. The fourth-order valence-corrected chi connectivity index (χ4v) is 2.46. The Labute approximate surface area is 124 Å². The molecule has 3 rings (SSSR count). The highest BCUT2D eigenvalue weighted by atomic mass is 16.5. The Kier molecular flexibility index (Phi) is 3.48. The van der Waals surface area contributed by atoms with E-state index < -0.39 is 0 Å². The molecule has 0 unspecified atom stereocenters. The lowest BCUT2D eigenvalue weighted by molar-refractivity contribution is 0.414. The predicted molar refractivity (Wildman–Crippen MR) is 85.0 cm³/mol. The molecule has 0 aliphatic carbocycles. The van der Waals surface area contributed by atoms with Crippen LogP contribution in [0, 0.1) is 13.8 Å². The van der Waals surface area contributed by atoms with Crippen molar-refractivity contribution in [1.29, 1.82) is 0 Å². The summed E-state index contributed by atoms with van der Waals surface area (Å²) in [5.41, 5.74) is 4.35. The first-order valence-corrected chi connectivity index (χ1v) is 6.96. The van der Waals surface area contributed by atoms with Crippen molar-refractivity contribution in [2.24, 2.45) is 0 Å². The molecular formula is C18H18N2O. The second-order valence-electron chi connectivity index (χ2n) is 5.01. The van der Waals surface area contributed by atoms with Gasteiger partial charge in [-0.25, -0.2) is 4.98 Å². The number of rotatable bonds is 3. The maximum absolute atomic E-state index is 5.33. The summed E-state index contributed by atoms with van der Waals surface area (Å²) >= 11 is 0. The molecule has 0 bridgehead atoms. The van der Waals surface area contributed by atoms with Gasteiger partial charge in [-0.05, 0) is 26.0 Å². The van der Waals surface area contributed by atoms with E-state index in [2.05, 4.69) is 29.7 Å². The Morgan fingerprint density at radius 2 is 1.71 bits per heavy atom. The average Bonchev–Trinajstić information content (AvgIpc) is 2.84. The minimum Gasteiger partial charge on any atom is -0.497 e. The SMILES string of the molecule is COc1cccc(-n2c(-c3ccccc3)nc(C)c2C)c1. The van der Waals surface area contributed by atoms with E-state index >= 15 is 0 Å². The normalized spacial score (nSPS) is 10.6. The van der Waals surface area contributed by atoms with Crippen molar-refractivity contribution in [3.05, 3.63) is 66.0 Å². The number of benzene rings is 2. The third-order valence-corrected chi connectivity index (χ3v) is 3.69. The van der Waals surface area contributed by atoms with Crippen molar-refractivity contribution in [3.8, 4) is 22.8 Å². The minimum atomic E-state index is 0.845. The average molecular weight is 278 g/mol. The Morgan fingerprint density at radius 3 is 2.43 bits per heavy atom. The van der Waals surface area contributed by atoms with E-state index in [9.17, 15) is 0 Å². The van der Waals surface area contributed by atoms with E-state index in [-0.39, 0.29) is 0 Å². The predicted octanol–water partition coefficient (Wildman–Crippen LogP) is 4.16. The van der Waals surface area contributed by atoms with Gasteiger partial charge in [0.1, 0.15) is 11.6 Å². The number of aryl methyl sites for hydroxylation is 1. The number of imidazole rings is 1. The van der Waals surface area contributed by atoms with E-state index in [0.717, 1.165) is 34.2 Å². The summed E-state index contributed by atoms with van der Waals surface area (Å²) in [6, 6.07) is 18.3. The van der Waals surface area contributed by atoms with Crippen LogP contribution in [0.3, 0.4) is 0 Å². The second kappa shape index (κ2) is 5.44. The van der Waals surface area contributed by atoms with Crippen LogP contribution < -0.4 is 4.74 Å². The number of hydrogen-bond donors (Lipinski definition) is 0. The summed E-state index contributed by atoms with van der Waals surface area (Å²) in [4.78, 5) is 4.73. The molecule has 2 aromatic carbocycles. The van der Waals surface area contributed by atoms with Gasteiger partial charge < -0.3 is 4.74 Å². The van der Waals surface area contributed by atoms with Gasteiger partial charge in [0.05, 0.1) is 18.5 Å². The van der Waals surface area contributed by atoms with Crippen LogP contribution in [-0.2, 0) is 0 Å². The quantitative estimate of drug-likeness (QED) is 0.719. The highest BCUT2D eigenvalue weighted by Gasteiger charge is 2.14. The summed E-state index contributed by atoms with van der Waals surface area (Å²) in [6.07, 6.45) is 0. The van der Waals surface area contributed by atoms with Crippen molar-refractivity contribution in [2.45, 2.75) is 13.8 Å². The summed E-state index contributed by atoms with van der Waals surface area (Å²) in [7, 11) is 1.68. The molecule has 21 heavy (non-hydrogen) atoms. The summed E-state index contributed by atoms with van der Waals surface area (Å²) < 4.78 is 7.51.